The SMILES string of the molecule is CN(C)C[C@H](CN)c1ccc(Cl)cc1. The van der Waals surface area contributed by atoms with Crippen molar-refractivity contribution in [2.45, 2.75) is 5.92 Å². The molecule has 1 aromatic carbocycles. The average molecular weight is 213 g/mol. The molecule has 0 amide bonds. The number of hydrogen-bond acceptors (Lipinski definition) is 2. The number of nitrogens with zero attached hydrogens (tertiary/aromatic N) is 1. The molecule has 0 radical (unpaired) electrons. The predicted molar refractivity (Wildman–Crippen MR) is 61.8 cm³/mol. The Labute approximate surface area is 90.7 Å². The van der Waals surface area contributed by atoms with E-state index in [0.717, 1.165) is 11.6 Å². The van der Waals surface area contributed by atoms with Gasteiger partial charge in [-0.1, -0.05) is 23.7 Å². The van der Waals surface area contributed by atoms with Crippen molar-refractivity contribution in [3.05, 3.63) is 34.9 Å². The molecule has 0 unspecified atom stereocenters. The van der Waals surface area contributed by atoms with Crippen LogP contribution in [0.25, 0.3) is 0 Å². The molecule has 0 fully saturated rings. The molecule has 1 rings (SSSR count). The van der Waals surface area contributed by atoms with E-state index in [2.05, 4.69) is 19.0 Å². The molecule has 78 valence electrons. The fourth-order valence-electron chi connectivity index (χ4n) is 1.49. The Morgan fingerprint density at radius 1 is 1.29 bits per heavy atom. The molecule has 0 aliphatic rings. The lowest BCUT2D eigenvalue weighted by Gasteiger charge is -2.19. The first-order valence-corrected chi connectivity index (χ1v) is 5.11. The zero-order chi connectivity index (χ0) is 10.6. The fraction of sp³-hybridized carbons (Fsp3) is 0.455. The molecule has 14 heavy (non-hydrogen) atoms. The Bertz CT molecular complexity index is 269. The first kappa shape index (κ1) is 11.5. The van der Waals surface area contributed by atoms with E-state index < -0.39 is 0 Å². The van der Waals surface area contributed by atoms with Gasteiger partial charge in [-0.15, -0.1) is 0 Å². The third kappa shape index (κ3) is 3.29. The van der Waals surface area contributed by atoms with Crippen LogP contribution in [0.4, 0.5) is 0 Å². The highest BCUT2D eigenvalue weighted by Gasteiger charge is 2.10. The zero-order valence-corrected chi connectivity index (χ0v) is 9.46. The Hall–Kier alpha value is -0.570. The van der Waals surface area contributed by atoms with Crippen LogP contribution in [0.5, 0.6) is 0 Å². The molecule has 0 heterocycles. The molecule has 1 atom stereocenters. The first-order chi connectivity index (χ1) is 6.63. The van der Waals surface area contributed by atoms with Gasteiger partial charge >= 0.3 is 0 Å². The summed E-state index contributed by atoms with van der Waals surface area (Å²) < 4.78 is 0. The molecule has 0 spiro atoms. The molecule has 1 aromatic rings. The molecule has 0 aromatic heterocycles. The Morgan fingerprint density at radius 2 is 1.86 bits per heavy atom. The second-order valence-electron chi connectivity index (χ2n) is 3.75. The van der Waals surface area contributed by atoms with E-state index in [9.17, 15) is 0 Å². The minimum Gasteiger partial charge on any atom is -0.330 e. The van der Waals surface area contributed by atoms with Crippen molar-refractivity contribution < 1.29 is 0 Å². The van der Waals surface area contributed by atoms with Crippen molar-refractivity contribution in [3.63, 3.8) is 0 Å². The van der Waals surface area contributed by atoms with E-state index in [1.807, 2.05) is 24.3 Å². The molecular formula is C11H17ClN2. The molecule has 0 saturated heterocycles. The summed E-state index contributed by atoms with van der Waals surface area (Å²) >= 11 is 5.82. The van der Waals surface area contributed by atoms with Crippen LogP contribution < -0.4 is 5.73 Å². The highest BCUT2D eigenvalue weighted by atomic mass is 35.5. The number of likely N-dealkylation sites (N-methyl/N-ethyl adjacent to an activating group) is 1. The van der Waals surface area contributed by atoms with Crippen molar-refractivity contribution in [1.29, 1.82) is 0 Å². The summed E-state index contributed by atoms with van der Waals surface area (Å²) in [4.78, 5) is 2.14. The van der Waals surface area contributed by atoms with E-state index >= 15 is 0 Å². The minimum atomic E-state index is 0.391. The first-order valence-electron chi connectivity index (χ1n) is 4.73. The maximum absolute atomic E-state index is 5.82. The largest absolute Gasteiger partial charge is 0.330 e. The number of benzene rings is 1. The summed E-state index contributed by atoms with van der Waals surface area (Å²) in [5.41, 5.74) is 6.99. The molecule has 2 nitrogen and oxygen atoms in total. The number of halogens is 1. The van der Waals surface area contributed by atoms with Crippen LogP contribution >= 0.6 is 11.6 Å². The number of rotatable bonds is 4. The van der Waals surface area contributed by atoms with Crippen molar-refractivity contribution >= 4 is 11.6 Å². The Balaban J connectivity index is 2.73. The molecule has 0 bridgehead atoms. The molecule has 0 aliphatic heterocycles. The van der Waals surface area contributed by atoms with Crippen LogP contribution in [0.3, 0.4) is 0 Å². The van der Waals surface area contributed by atoms with E-state index in [1.165, 1.54) is 5.56 Å². The average Bonchev–Trinajstić information content (AvgIpc) is 2.15. The Kier molecular flexibility index (Phi) is 4.39. The predicted octanol–water partition coefficient (Wildman–Crippen LogP) is 1.94. The third-order valence-corrected chi connectivity index (χ3v) is 2.46. The van der Waals surface area contributed by atoms with Crippen molar-refractivity contribution in [2.24, 2.45) is 5.73 Å². The van der Waals surface area contributed by atoms with Gasteiger partial charge in [-0.2, -0.15) is 0 Å². The van der Waals surface area contributed by atoms with E-state index in [4.69, 9.17) is 17.3 Å². The monoisotopic (exact) mass is 212 g/mol. The topological polar surface area (TPSA) is 29.3 Å². The lowest BCUT2D eigenvalue weighted by molar-refractivity contribution is 0.375. The maximum atomic E-state index is 5.82. The van der Waals surface area contributed by atoms with Gasteiger partial charge in [0.15, 0.2) is 0 Å². The summed E-state index contributed by atoms with van der Waals surface area (Å²) in [7, 11) is 4.11. The highest BCUT2D eigenvalue weighted by Crippen LogP contribution is 2.18. The smallest absolute Gasteiger partial charge is 0.0406 e. The van der Waals surface area contributed by atoms with Gasteiger partial charge in [-0.25, -0.2) is 0 Å². The van der Waals surface area contributed by atoms with Gasteiger partial charge in [0.2, 0.25) is 0 Å². The third-order valence-electron chi connectivity index (χ3n) is 2.21. The van der Waals surface area contributed by atoms with Gasteiger partial charge in [0.1, 0.15) is 0 Å². The van der Waals surface area contributed by atoms with Crippen LogP contribution in [-0.2, 0) is 0 Å². The highest BCUT2D eigenvalue weighted by molar-refractivity contribution is 6.30. The summed E-state index contributed by atoms with van der Waals surface area (Å²) in [5, 5.41) is 0.773. The minimum absolute atomic E-state index is 0.391. The normalized spacial score (nSPS) is 13.2. The summed E-state index contributed by atoms with van der Waals surface area (Å²) in [5.74, 6) is 0.391. The van der Waals surface area contributed by atoms with Gasteiger partial charge < -0.3 is 10.6 Å². The van der Waals surface area contributed by atoms with Crippen molar-refractivity contribution in [2.75, 3.05) is 27.2 Å². The molecule has 3 heteroatoms. The van der Waals surface area contributed by atoms with E-state index in [0.29, 0.717) is 12.5 Å². The number of nitrogens with two attached hydrogens (primary N) is 1. The summed E-state index contributed by atoms with van der Waals surface area (Å²) in [6.07, 6.45) is 0. The number of hydrogen-bond donors (Lipinski definition) is 1. The van der Waals surface area contributed by atoms with E-state index in [1.54, 1.807) is 0 Å². The molecule has 2 N–H and O–H groups in total. The van der Waals surface area contributed by atoms with E-state index in [-0.39, 0.29) is 0 Å². The molecular weight excluding hydrogens is 196 g/mol. The van der Waals surface area contributed by atoms with Crippen LogP contribution in [0, 0.1) is 0 Å². The summed E-state index contributed by atoms with van der Waals surface area (Å²) in [6.45, 7) is 1.64. The maximum Gasteiger partial charge on any atom is 0.0406 e. The molecule has 0 saturated carbocycles. The zero-order valence-electron chi connectivity index (χ0n) is 8.70. The molecule has 0 aliphatic carbocycles. The second kappa shape index (κ2) is 5.35. The standard InChI is InChI=1S/C11H17ClN2/c1-14(2)8-10(7-13)9-3-5-11(12)6-4-9/h3-6,10H,7-8,13H2,1-2H3/t10-/m0/s1. The van der Waals surface area contributed by atoms with Gasteiger partial charge in [-0.3, -0.25) is 0 Å². The van der Waals surface area contributed by atoms with Gasteiger partial charge in [0.25, 0.3) is 0 Å². The fourth-order valence-corrected chi connectivity index (χ4v) is 1.62. The van der Waals surface area contributed by atoms with Crippen LogP contribution in [-0.4, -0.2) is 32.1 Å². The van der Waals surface area contributed by atoms with Crippen LogP contribution in [0.15, 0.2) is 24.3 Å². The van der Waals surface area contributed by atoms with Crippen molar-refractivity contribution in [3.8, 4) is 0 Å². The van der Waals surface area contributed by atoms with Gasteiger partial charge in [-0.05, 0) is 31.8 Å². The lowest BCUT2D eigenvalue weighted by atomic mass is 9.99. The van der Waals surface area contributed by atoms with Crippen LogP contribution in [0.1, 0.15) is 11.5 Å². The van der Waals surface area contributed by atoms with Crippen LogP contribution in [0.2, 0.25) is 5.02 Å². The van der Waals surface area contributed by atoms with Crippen molar-refractivity contribution in [1.82, 2.24) is 4.90 Å². The summed E-state index contributed by atoms with van der Waals surface area (Å²) in [6, 6.07) is 7.91. The lowest BCUT2D eigenvalue weighted by Crippen LogP contribution is -2.25. The quantitative estimate of drug-likeness (QED) is 0.827. The van der Waals surface area contributed by atoms with Gasteiger partial charge in [0.05, 0.1) is 0 Å². The van der Waals surface area contributed by atoms with Gasteiger partial charge in [0, 0.05) is 24.0 Å². The Morgan fingerprint density at radius 3 is 2.29 bits per heavy atom. The second-order valence-corrected chi connectivity index (χ2v) is 4.18.